The summed E-state index contributed by atoms with van der Waals surface area (Å²) in [6.45, 7) is 3.19. The Morgan fingerprint density at radius 1 is 1.40 bits per heavy atom. The van der Waals surface area contributed by atoms with Crippen LogP contribution in [0.1, 0.15) is 48.7 Å². The first-order valence-corrected chi connectivity index (χ1v) is 7.72. The second-order valence-electron chi connectivity index (χ2n) is 6.73. The number of fused-ring (bicyclic) bond motifs is 1. The van der Waals surface area contributed by atoms with E-state index in [1.165, 1.54) is 4.57 Å². The number of carbonyl (C=O) groups is 1. The quantitative estimate of drug-likeness (QED) is 0.818. The summed E-state index contributed by atoms with van der Waals surface area (Å²) in [6, 6.07) is 0.729. The van der Waals surface area contributed by atoms with Gasteiger partial charge in [-0.25, -0.2) is 13.6 Å². The van der Waals surface area contributed by atoms with Crippen LogP contribution in [0.25, 0.3) is 10.9 Å². The molecule has 5 nitrogen and oxygen atoms in total. The van der Waals surface area contributed by atoms with Gasteiger partial charge in [-0.15, -0.1) is 0 Å². The third-order valence-electron chi connectivity index (χ3n) is 3.89. The van der Waals surface area contributed by atoms with Crippen molar-refractivity contribution in [1.82, 2.24) is 4.57 Å². The number of aromatic carboxylic acids is 1. The Hall–Kier alpha value is -2.72. The number of pyridine rings is 1. The zero-order valence-electron chi connectivity index (χ0n) is 13.7. The van der Waals surface area contributed by atoms with E-state index in [1.807, 2.05) is 0 Å². The fourth-order valence-electron chi connectivity index (χ4n) is 2.57. The van der Waals surface area contributed by atoms with Gasteiger partial charge in [0.2, 0.25) is 5.43 Å². The fourth-order valence-corrected chi connectivity index (χ4v) is 2.57. The predicted octanol–water partition coefficient (Wildman–Crippen LogP) is 2.40. The van der Waals surface area contributed by atoms with Crippen LogP contribution in [0.15, 0.2) is 17.1 Å². The molecule has 0 spiro atoms. The van der Waals surface area contributed by atoms with Crippen LogP contribution in [-0.2, 0) is 0 Å². The Morgan fingerprint density at radius 2 is 2.04 bits per heavy atom. The average Bonchev–Trinajstić information content (AvgIpc) is 3.31. The molecule has 0 saturated heterocycles. The molecule has 0 unspecified atom stereocenters. The Labute approximate surface area is 142 Å². The molecule has 2 aromatic rings. The van der Waals surface area contributed by atoms with E-state index < -0.39 is 39.7 Å². The third-order valence-corrected chi connectivity index (χ3v) is 3.89. The number of rotatable bonds is 2. The zero-order valence-corrected chi connectivity index (χ0v) is 13.7. The minimum atomic E-state index is -1.43. The Kier molecular flexibility index (Phi) is 3.88. The first-order valence-electron chi connectivity index (χ1n) is 7.72. The van der Waals surface area contributed by atoms with Crippen LogP contribution in [-0.4, -0.2) is 21.2 Å². The van der Waals surface area contributed by atoms with Crippen LogP contribution in [0.5, 0.6) is 0 Å². The molecule has 0 amide bonds. The van der Waals surface area contributed by atoms with Crippen molar-refractivity contribution in [2.45, 2.75) is 38.3 Å². The summed E-state index contributed by atoms with van der Waals surface area (Å²) in [5.74, 6) is 1.52. The highest BCUT2D eigenvalue weighted by Crippen LogP contribution is 2.38. The topological polar surface area (TPSA) is 85.3 Å². The van der Waals surface area contributed by atoms with Gasteiger partial charge in [0.25, 0.3) is 0 Å². The molecule has 0 bridgehead atoms. The first-order chi connectivity index (χ1) is 11.6. The third kappa shape index (κ3) is 3.13. The van der Waals surface area contributed by atoms with Gasteiger partial charge in [-0.3, -0.25) is 4.79 Å². The summed E-state index contributed by atoms with van der Waals surface area (Å²) in [5, 5.41) is 8.88. The second kappa shape index (κ2) is 5.67. The van der Waals surface area contributed by atoms with Gasteiger partial charge in [-0.2, -0.15) is 0 Å². The zero-order chi connectivity index (χ0) is 18.5. The van der Waals surface area contributed by atoms with Crippen molar-refractivity contribution in [3.05, 3.63) is 45.2 Å². The van der Waals surface area contributed by atoms with Crippen molar-refractivity contribution in [3.8, 4) is 11.8 Å². The molecule has 25 heavy (non-hydrogen) atoms. The lowest BCUT2D eigenvalue weighted by Gasteiger charge is -2.14. The molecule has 130 valence electrons. The summed E-state index contributed by atoms with van der Waals surface area (Å²) in [7, 11) is 0. The molecule has 1 aromatic carbocycles. The van der Waals surface area contributed by atoms with E-state index in [-0.39, 0.29) is 16.9 Å². The normalized spacial score (nSPS) is 14.3. The van der Waals surface area contributed by atoms with E-state index in [0.29, 0.717) is 0 Å². The number of nitrogens with two attached hydrogens (primary N) is 1. The number of carboxylic acids is 1. The average molecular weight is 346 g/mol. The SMILES string of the molecule is CC(C)(N)C#Cc1c(F)cc2c(=O)c(C(=O)O)cn(C3CC3)c2c1F. The molecule has 1 aliphatic carbocycles. The molecule has 7 heteroatoms. The van der Waals surface area contributed by atoms with E-state index in [2.05, 4.69) is 11.8 Å². The van der Waals surface area contributed by atoms with Gasteiger partial charge < -0.3 is 15.4 Å². The second-order valence-corrected chi connectivity index (χ2v) is 6.73. The molecular formula is C18H16F2N2O3. The Morgan fingerprint density at radius 3 is 2.56 bits per heavy atom. The first kappa shape index (κ1) is 17.1. The van der Waals surface area contributed by atoms with Crippen LogP contribution >= 0.6 is 0 Å². The summed E-state index contributed by atoms with van der Waals surface area (Å²) in [6.07, 6.45) is 2.57. The molecule has 0 aliphatic heterocycles. The number of hydrogen-bond donors (Lipinski definition) is 2. The maximum atomic E-state index is 15.0. The molecule has 1 heterocycles. The van der Waals surface area contributed by atoms with E-state index in [1.54, 1.807) is 13.8 Å². The van der Waals surface area contributed by atoms with Gasteiger partial charge in [0.1, 0.15) is 11.4 Å². The number of carboxylic acid groups (broad SMARTS) is 1. The highest BCUT2D eigenvalue weighted by Gasteiger charge is 2.29. The standard InChI is InChI=1S/C18H16F2N2O3/c1-18(2,21)6-5-10-13(19)7-11-15(14(10)20)22(9-3-4-9)8-12(16(11)23)17(24)25/h7-9H,3-4,21H2,1-2H3,(H,24,25). The lowest BCUT2D eigenvalue weighted by atomic mass is 10.0. The Bertz CT molecular complexity index is 1020. The van der Waals surface area contributed by atoms with Crippen molar-refractivity contribution in [3.63, 3.8) is 0 Å². The number of benzene rings is 1. The largest absolute Gasteiger partial charge is 0.477 e. The van der Waals surface area contributed by atoms with Gasteiger partial charge in [-0.1, -0.05) is 11.8 Å². The van der Waals surface area contributed by atoms with E-state index in [9.17, 15) is 23.5 Å². The lowest BCUT2D eigenvalue weighted by Crippen LogP contribution is -2.29. The molecule has 3 rings (SSSR count). The highest BCUT2D eigenvalue weighted by atomic mass is 19.1. The summed E-state index contributed by atoms with van der Waals surface area (Å²) in [5.41, 5.74) is 2.73. The minimum absolute atomic E-state index is 0.118. The van der Waals surface area contributed by atoms with Crippen molar-refractivity contribution < 1.29 is 18.7 Å². The van der Waals surface area contributed by atoms with E-state index >= 15 is 0 Å². The van der Waals surface area contributed by atoms with Gasteiger partial charge in [0, 0.05) is 12.2 Å². The molecule has 1 fully saturated rings. The summed E-state index contributed by atoms with van der Waals surface area (Å²) < 4.78 is 30.7. The molecule has 1 aliphatic rings. The van der Waals surface area contributed by atoms with Crippen LogP contribution in [0, 0.1) is 23.5 Å². The molecule has 1 saturated carbocycles. The van der Waals surface area contributed by atoms with Crippen molar-refractivity contribution in [2.24, 2.45) is 5.73 Å². The van der Waals surface area contributed by atoms with Crippen LogP contribution in [0.3, 0.4) is 0 Å². The number of nitrogens with zero attached hydrogens (tertiary/aromatic N) is 1. The Balaban J connectivity index is 2.40. The molecular weight excluding hydrogens is 330 g/mol. The smallest absolute Gasteiger partial charge is 0.341 e. The fraction of sp³-hybridized carbons (Fsp3) is 0.333. The van der Waals surface area contributed by atoms with Crippen molar-refractivity contribution in [1.29, 1.82) is 0 Å². The van der Waals surface area contributed by atoms with Gasteiger partial charge in [0.15, 0.2) is 5.82 Å². The summed E-state index contributed by atoms with van der Waals surface area (Å²) in [4.78, 5) is 23.6. The van der Waals surface area contributed by atoms with Crippen LogP contribution < -0.4 is 11.2 Å². The lowest BCUT2D eigenvalue weighted by molar-refractivity contribution is 0.0695. The van der Waals surface area contributed by atoms with E-state index in [0.717, 1.165) is 25.1 Å². The van der Waals surface area contributed by atoms with Gasteiger partial charge >= 0.3 is 5.97 Å². The minimum Gasteiger partial charge on any atom is -0.477 e. The maximum Gasteiger partial charge on any atom is 0.341 e. The number of hydrogen-bond acceptors (Lipinski definition) is 3. The highest BCUT2D eigenvalue weighted by molar-refractivity contribution is 5.93. The van der Waals surface area contributed by atoms with Crippen LogP contribution in [0.2, 0.25) is 0 Å². The molecule has 1 aromatic heterocycles. The van der Waals surface area contributed by atoms with Crippen LogP contribution in [0.4, 0.5) is 8.78 Å². The van der Waals surface area contributed by atoms with E-state index in [4.69, 9.17) is 5.73 Å². The molecule has 0 radical (unpaired) electrons. The molecule has 0 atom stereocenters. The van der Waals surface area contributed by atoms with Crippen molar-refractivity contribution in [2.75, 3.05) is 0 Å². The predicted molar refractivity (Wildman–Crippen MR) is 88.5 cm³/mol. The summed E-state index contributed by atoms with van der Waals surface area (Å²) >= 11 is 0. The monoisotopic (exact) mass is 346 g/mol. The number of halogens is 2. The maximum absolute atomic E-state index is 15.0. The molecule has 3 N–H and O–H groups in total. The van der Waals surface area contributed by atoms with Gasteiger partial charge in [0.05, 0.1) is 22.0 Å². The van der Waals surface area contributed by atoms with Crippen molar-refractivity contribution >= 4 is 16.9 Å². The van der Waals surface area contributed by atoms with Gasteiger partial charge in [-0.05, 0) is 32.8 Å². The number of aromatic nitrogens is 1.